The van der Waals surface area contributed by atoms with Gasteiger partial charge in [-0.15, -0.1) is 0 Å². The van der Waals surface area contributed by atoms with Crippen LogP contribution in [0.4, 0.5) is 4.79 Å². The second-order valence-corrected chi connectivity index (χ2v) is 7.82. The van der Waals surface area contributed by atoms with Crippen molar-refractivity contribution in [1.29, 1.82) is 0 Å². The molecular weight excluding hydrogens is 322 g/mol. The zero-order chi connectivity index (χ0) is 18.0. The molecule has 2 aliphatic rings. The fourth-order valence-corrected chi connectivity index (χ4v) is 3.30. The highest BCUT2D eigenvalue weighted by atomic mass is 16.5. The molecule has 0 aliphatic carbocycles. The number of aromatic nitrogens is 2. The average molecular weight is 349 g/mol. The maximum absolute atomic E-state index is 12.5. The van der Waals surface area contributed by atoms with Crippen LogP contribution in [-0.4, -0.2) is 64.1 Å². The first kappa shape index (κ1) is 17.7. The number of piperidine rings is 1. The molecular formula is C17H27N5O3. The molecule has 0 spiro atoms. The third-order valence-corrected chi connectivity index (χ3v) is 4.77. The Bertz CT molecular complexity index is 636. The van der Waals surface area contributed by atoms with E-state index in [9.17, 15) is 9.59 Å². The number of nitrogens with one attached hydrogen (secondary N) is 1. The number of hydrogen-bond donors (Lipinski definition) is 1. The predicted octanol–water partition coefficient (Wildman–Crippen LogP) is 1.32. The number of rotatable bonds is 4. The molecule has 2 aliphatic heterocycles. The van der Waals surface area contributed by atoms with Crippen LogP contribution in [0, 0.1) is 0 Å². The Labute approximate surface area is 147 Å². The number of nitrogens with zero attached hydrogens (tertiary/aromatic N) is 4. The SMILES string of the molecule is CC(C)(C)c1noc(CCC(=O)N2CCC[C@@H](N3CCNC3=O)C2)n1. The van der Waals surface area contributed by atoms with Gasteiger partial charge in [0.2, 0.25) is 11.8 Å². The Balaban J connectivity index is 1.52. The molecule has 1 atom stereocenters. The zero-order valence-corrected chi connectivity index (χ0v) is 15.2. The predicted molar refractivity (Wildman–Crippen MR) is 91.0 cm³/mol. The van der Waals surface area contributed by atoms with E-state index in [0.717, 1.165) is 25.9 Å². The van der Waals surface area contributed by atoms with Crippen molar-refractivity contribution in [2.24, 2.45) is 0 Å². The number of likely N-dealkylation sites (tertiary alicyclic amines) is 1. The minimum Gasteiger partial charge on any atom is -0.341 e. The molecule has 0 bridgehead atoms. The van der Waals surface area contributed by atoms with Crippen molar-refractivity contribution in [3.8, 4) is 0 Å². The van der Waals surface area contributed by atoms with Crippen LogP contribution in [0.25, 0.3) is 0 Å². The fraction of sp³-hybridized carbons (Fsp3) is 0.765. The maximum Gasteiger partial charge on any atom is 0.317 e. The van der Waals surface area contributed by atoms with Gasteiger partial charge < -0.3 is 19.6 Å². The Morgan fingerprint density at radius 2 is 2.16 bits per heavy atom. The maximum atomic E-state index is 12.5. The van der Waals surface area contributed by atoms with E-state index in [1.807, 2.05) is 30.6 Å². The Kier molecular flexibility index (Phi) is 4.96. The van der Waals surface area contributed by atoms with Crippen LogP contribution in [0.5, 0.6) is 0 Å². The molecule has 2 saturated heterocycles. The quantitative estimate of drug-likeness (QED) is 0.885. The third kappa shape index (κ3) is 4.11. The number of carbonyl (C=O) groups is 2. The van der Waals surface area contributed by atoms with E-state index in [-0.39, 0.29) is 23.4 Å². The van der Waals surface area contributed by atoms with Gasteiger partial charge in [0, 0.05) is 44.4 Å². The van der Waals surface area contributed by atoms with E-state index in [4.69, 9.17) is 4.52 Å². The van der Waals surface area contributed by atoms with Crippen molar-refractivity contribution in [2.75, 3.05) is 26.2 Å². The molecule has 0 unspecified atom stereocenters. The highest BCUT2D eigenvalue weighted by Gasteiger charge is 2.32. The summed E-state index contributed by atoms with van der Waals surface area (Å²) in [6.07, 6.45) is 2.68. The van der Waals surface area contributed by atoms with Crippen molar-refractivity contribution in [1.82, 2.24) is 25.3 Å². The van der Waals surface area contributed by atoms with Gasteiger partial charge in [0.05, 0.1) is 6.04 Å². The highest BCUT2D eigenvalue weighted by Crippen LogP contribution is 2.20. The molecule has 2 fully saturated rings. The lowest BCUT2D eigenvalue weighted by Gasteiger charge is -2.37. The van der Waals surface area contributed by atoms with Crippen molar-refractivity contribution in [2.45, 2.75) is 57.9 Å². The number of carbonyl (C=O) groups excluding carboxylic acids is 2. The summed E-state index contributed by atoms with van der Waals surface area (Å²) in [5, 5.41) is 6.82. The standard InChI is InChI=1S/C17H27N5O3/c1-17(2,3)15-19-13(25-20-15)6-7-14(23)21-9-4-5-12(11-21)22-10-8-18-16(22)24/h12H,4-11H2,1-3H3,(H,18,24)/t12-/m1/s1. The molecule has 8 nitrogen and oxygen atoms in total. The van der Waals surface area contributed by atoms with Gasteiger partial charge in [-0.25, -0.2) is 4.79 Å². The molecule has 8 heteroatoms. The smallest absolute Gasteiger partial charge is 0.317 e. The molecule has 1 aromatic heterocycles. The van der Waals surface area contributed by atoms with E-state index < -0.39 is 0 Å². The van der Waals surface area contributed by atoms with Crippen LogP contribution >= 0.6 is 0 Å². The molecule has 3 amide bonds. The first-order chi connectivity index (χ1) is 11.8. The number of amides is 3. The van der Waals surface area contributed by atoms with E-state index in [1.165, 1.54) is 0 Å². The normalized spacial score (nSPS) is 21.6. The largest absolute Gasteiger partial charge is 0.341 e. The zero-order valence-electron chi connectivity index (χ0n) is 15.2. The Morgan fingerprint density at radius 3 is 2.80 bits per heavy atom. The second-order valence-electron chi connectivity index (χ2n) is 7.82. The van der Waals surface area contributed by atoms with Gasteiger partial charge in [-0.05, 0) is 12.8 Å². The fourth-order valence-electron chi connectivity index (χ4n) is 3.30. The number of hydrogen-bond acceptors (Lipinski definition) is 5. The average Bonchev–Trinajstić information content (AvgIpc) is 3.21. The first-order valence-corrected chi connectivity index (χ1v) is 9.00. The minimum absolute atomic E-state index is 0.0140. The van der Waals surface area contributed by atoms with Gasteiger partial charge in [0.25, 0.3) is 0 Å². The molecule has 0 saturated carbocycles. The minimum atomic E-state index is -0.165. The van der Waals surface area contributed by atoms with Crippen LogP contribution < -0.4 is 5.32 Å². The van der Waals surface area contributed by atoms with Crippen molar-refractivity contribution < 1.29 is 14.1 Å². The number of aryl methyl sites for hydroxylation is 1. The first-order valence-electron chi connectivity index (χ1n) is 9.00. The molecule has 3 rings (SSSR count). The monoisotopic (exact) mass is 349 g/mol. The van der Waals surface area contributed by atoms with E-state index in [0.29, 0.717) is 37.6 Å². The molecule has 138 valence electrons. The van der Waals surface area contributed by atoms with Gasteiger partial charge in [-0.2, -0.15) is 4.98 Å². The lowest BCUT2D eigenvalue weighted by molar-refractivity contribution is -0.133. The Morgan fingerprint density at radius 1 is 1.36 bits per heavy atom. The molecule has 3 heterocycles. The third-order valence-electron chi connectivity index (χ3n) is 4.77. The van der Waals surface area contributed by atoms with Gasteiger partial charge >= 0.3 is 6.03 Å². The van der Waals surface area contributed by atoms with Gasteiger partial charge in [0.1, 0.15) is 0 Å². The summed E-state index contributed by atoms with van der Waals surface area (Å²) >= 11 is 0. The van der Waals surface area contributed by atoms with Crippen LogP contribution in [-0.2, 0) is 16.6 Å². The Hall–Kier alpha value is -2.12. The van der Waals surface area contributed by atoms with Crippen LogP contribution in [0.2, 0.25) is 0 Å². The lowest BCUT2D eigenvalue weighted by atomic mass is 9.96. The summed E-state index contributed by atoms with van der Waals surface area (Å²) in [6, 6.07) is 0.107. The van der Waals surface area contributed by atoms with Gasteiger partial charge in [-0.3, -0.25) is 4.79 Å². The van der Waals surface area contributed by atoms with E-state index >= 15 is 0 Å². The number of urea groups is 1. The second kappa shape index (κ2) is 7.01. The summed E-state index contributed by atoms with van der Waals surface area (Å²) in [6.45, 7) is 8.85. The highest BCUT2D eigenvalue weighted by molar-refractivity contribution is 5.78. The summed E-state index contributed by atoms with van der Waals surface area (Å²) in [5.74, 6) is 1.25. The summed E-state index contributed by atoms with van der Waals surface area (Å²) in [5.41, 5.74) is -0.165. The van der Waals surface area contributed by atoms with Gasteiger partial charge in [0.15, 0.2) is 5.82 Å². The van der Waals surface area contributed by atoms with Crippen LogP contribution in [0.3, 0.4) is 0 Å². The summed E-state index contributed by atoms with van der Waals surface area (Å²) < 4.78 is 5.25. The molecule has 25 heavy (non-hydrogen) atoms. The summed E-state index contributed by atoms with van der Waals surface area (Å²) in [4.78, 5) is 32.5. The lowest BCUT2D eigenvalue weighted by Crippen LogP contribution is -2.50. The summed E-state index contributed by atoms with van der Waals surface area (Å²) in [7, 11) is 0. The van der Waals surface area contributed by atoms with Crippen LogP contribution in [0.1, 0.15) is 51.7 Å². The molecule has 0 aromatic carbocycles. The van der Waals surface area contributed by atoms with Crippen LogP contribution in [0.15, 0.2) is 4.52 Å². The molecule has 0 radical (unpaired) electrons. The van der Waals surface area contributed by atoms with Crippen molar-refractivity contribution in [3.63, 3.8) is 0 Å². The topological polar surface area (TPSA) is 91.6 Å². The van der Waals surface area contributed by atoms with Gasteiger partial charge in [-0.1, -0.05) is 25.9 Å². The molecule has 1 N–H and O–H groups in total. The van der Waals surface area contributed by atoms with Crippen molar-refractivity contribution in [3.05, 3.63) is 11.7 Å². The van der Waals surface area contributed by atoms with E-state index in [1.54, 1.807) is 0 Å². The molecule has 1 aromatic rings. The van der Waals surface area contributed by atoms with Crippen molar-refractivity contribution >= 4 is 11.9 Å². The van der Waals surface area contributed by atoms with E-state index in [2.05, 4.69) is 15.5 Å².